The van der Waals surface area contributed by atoms with Gasteiger partial charge in [0.15, 0.2) is 11.9 Å². The fourth-order valence-electron chi connectivity index (χ4n) is 5.27. The van der Waals surface area contributed by atoms with Gasteiger partial charge in [0.1, 0.15) is 16.4 Å². The predicted octanol–water partition coefficient (Wildman–Crippen LogP) is 4.51. The van der Waals surface area contributed by atoms with Crippen molar-refractivity contribution in [1.82, 2.24) is 13.4 Å². The van der Waals surface area contributed by atoms with Crippen LogP contribution in [0.3, 0.4) is 0 Å². The lowest BCUT2D eigenvalue weighted by atomic mass is 10.2. The van der Waals surface area contributed by atoms with Gasteiger partial charge >= 0.3 is 11.7 Å². The van der Waals surface area contributed by atoms with Gasteiger partial charge in [-0.2, -0.15) is 0 Å². The highest BCUT2D eigenvalue weighted by Gasteiger charge is 2.43. The first-order valence-electron chi connectivity index (χ1n) is 15.7. The van der Waals surface area contributed by atoms with Crippen molar-refractivity contribution in [2.75, 3.05) is 25.1 Å². The van der Waals surface area contributed by atoms with E-state index in [1.165, 1.54) is 43.4 Å². The zero-order chi connectivity index (χ0) is 36.2. The number of nitrogens with zero attached hydrogens (tertiary/aromatic N) is 4. The van der Waals surface area contributed by atoms with Gasteiger partial charge in [-0.15, -0.1) is 0 Å². The molecule has 50 heavy (non-hydrogen) atoms. The number of fused-ring (bicyclic) bond motifs is 1. The van der Waals surface area contributed by atoms with Crippen LogP contribution in [0.1, 0.15) is 43.6 Å². The molecular formula is C34H37N5O10S. The number of anilines is 1. The van der Waals surface area contributed by atoms with Crippen molar-refractivity contribution in [3.63, 3.8) is 0 Å². The number of amides is 1. The van der Waals surface area contributed by atoms with E-state index in [4.69, 9.17) is 14.2 Å². The number of nitrogens with one attached hydrogen (secondary N) is 1. The quantitative estimate of drug-likeness (QED) is 0.157. The molecule has 4 aromatic rings. The fraction of sp³-hybridized carbons (Fsp3) is 0.294. The lowest BCUT2D eigenvalue weighted by Crippen LogP contribution is -2.49. The lowest BCUT2D eigenvalue weighted by Gasteiger charge is -2.33. The van der Waals surface area contributed by atoms with Gasteiger partial charge in [0.05, 0.1) is 23.0 Å². The summed E-state index contributed by atoms with van der Waals surface area (Å²) in [6, 6.07) is 15.9. The molecule has 0 saturated heterocycles. The van der Waals surface area contributed by atoms with E-state index in [-0.39, 0.29) is 59.1 Å². The number of carbonyl (C=O) groups excluding carboxylic acids is 1. The molecule has 1 aliphatic heterocycles. The number of para-hydroxylation sites is 3. The van der Waals surface area contributed by atoms with Crippen LogP contribution in [-0.4, -0.2) is 75.6 Å². The highest BCUT2D eigenvalue weighted by Crippen LogP contribution is 2.38. The number of amidine groups is 1. The van der Waals surface area contributed by atoms with E-state index in [0.717, 1.165) is 8.87 Å². The third-order valence-corrected chi connectivity index (χ3v) is 9.42. The maximum atomic E-state index is 14.5. The first kappa shape index (κ1) is 35.7. The molecule has 0 radical (unpaired) electrons. The number of aromatic nitrogens is 2. The Morgan fingerprint density at radius 2 is 1.68 bits per heavy atom. The van der Waals surface area contributed by atoms with E-state index in [9.17, 15) is 33.0 Å². The van der Waals surface area contributed by atoms with E-state index < -0.39 is 45.4 Å². The second-order valence-electron chi connectivity index (χ2n) is 11.4. The highest BCUT2D eigenvalue weighted by atomic mass is 32.2. The van der Waals surface area contributed by atoms with E-state index in [2.05, 4.69) is 10.3 Å². The Labute approximate surface area is 288 Å². The largest absolute Gasteiger partial charge is 0.491 e. The van der Waals surface area contributed by atoms with Crippen LogP contribution in [0.5, 0.6) is 23.3 Å². The summed E-state index contributed by atoms with van der Waals surface area (Å²) >= 11 is 0. The summed E-state index contributed by atoms with van der Waals surface area (Å²) in [5, 5.41) is 23.6. The summed E-state index contributed by atoms with van der Waals surface area (Å²) in [5.41, 5.74) is -0.715. The number of aromatic hydroxyl groups is 1. The van der Waals surface area contributed by atoms with Gasteiger partial charge in [-0.25, -0.2) is 27.6 Å². The van der Waals surface area contributed by atoms with Crippen LogP contribution in [0.4, 0.5) is 11.4 Å². The molecule has 0 fully saturated rings. The van der Waals surface area contributed by atoms with Crippen molar-refractivity contribution in [3.8, 4) is 23.3 Å². The number of hydrogen-bond donors (Lipinski definition) is 3. The number of ether oxygens (including phenoxy) is 3. The van der Waals surface area contributed by atoms with Gasteiger partial charge in [-0.3, -0.25) is 13.7 Å². The molecule has 0 saturated carbocycles. The minimum atomic E-state index is -4.33. The van der Waals surface area contributed by atoms with E-state index in [0.29, 0.717) is 16.9 Å². The summed E-state index contributed by atoms with van der Waals surface area (Å²) < 4.78 is 48.0. The number of carboxylic acid groups (broad SMARTS) is 1. The first-order chi connectivity index (χ1) is 23.8. The van der Waals surface area contributed by atoms with Crippen molar-refractivity contribution in [3.05, 3.63) is 88.8 Å². The third kappa shape index (κ3) is 7.21. The number of benzene rings is 3. The molecule has 3 aromatic carbocycles. The number of sulfonamides is 1. The van der Waals surface area contributed by atoms with Crippen molar-refractivity contribution >= 4 is 39.1 Å². The lowest BCUT2D eigenvalue weighted by molar-refractivity contribution is -0.117. The molecule has 0 bridgehead atoms. The van der Waals surface area contributed by atoms with Crippen LogP contribution in [0.25, 0.3) is 0 Å². The topological polar surface area (TPSA) is 191 Å². The van der Waals surface area contributed by atoms with E-state index in [1.54, 1.807) is 57.2 Å². The number of rotatable bonds is 14. The average molecular weight is 708 g/mol. The van der Waals surface area contributed by atoms with Crippen molar-refractivity contribution in [1.29, 1.82) is 0 Å². The number of aliphatic imine (C=N–C) groups is 1. The molecule has 1 aromatic heterocycles. The van der Waals surface area contributed by atoms with Crippen LogP contribution in [-0.2, 0) is 26.6 Å². The van der Waals surface area contributed by atoms with Gasteiger partial charge in [-0.05, 0) is 75.7 Å². The van der Waals surface area contributed by atoms with Crippen molar-refractivity contribution in [2.24, 2.45) is 12.0 Å². The molecular weight excluding hydrogens is 670 g/mol. The molecule has 0 aliphatic carbocycles. The number of imidazole rings is 1. The van der Waals surface area contributed by atoms with Gasteiger partial charge in [-0.1, -0.05) is 24.3 Å². The number of carbonyl (C=O) groups is 2. The maximum absolute atomic E-state index is 14.5. The molecule has 264 valence electrons. The average Bonchev–Trinajstić information content (AvgIpc) is 3.28. The van der Waals surface area contributed by atoms with Crippen molar-refractivity contribution in [2.45, 2.75) is 44.2 Å². The molecule has 0 spiro atoms. The Morgan fingerprint density at radius 3 is 2.36 bits per heavy atom. The fourth-order valence-corrected chi connectivity index (χ4v) is 6.89. The second-order valence-corrected chi connectivity index (χ2v) is 13.2. The summed E-state index contributed by atoms with van der Waals surface area (Å²) in [7, 11) is -3.05. The summed E-state index contributed by atoms with van der Waals surface area (Å²) in [4.78, 5) is 44.3. The highest BCUT2D eigenvalue weighted by molar-refractivity contribution is 7.90. The Morgan fingerprint density at radius 1 is 1.00 bits per heavy atom. The summed E-state index contributed by atoms with van der Waals surface area (Å²) in [6.45, 7) is 5.83. The Bertz CT molecular complexity index is 2090. The second kappa shape index (κ2) is 14.9. The van der Waals surface area contributed by atoms with Crippen LogP contribution in [0, 0.1) is 0 Å². The standard InChI is InChI=1S/C34H37N5O10S/c1-5-47-20-10-19-38-29(35-25-12-7-9-14-27(25)50(38,45)46)28(30(40)36-24-11-6-8-13-26(24)48-21(2)3)39-31(41)32(37(4)34(39)44)49-23-17-15-22(16-18-23)33(42)43/h6-9,11-18,21,28,41H,5,10,19-20H2,1-4H3,(H,36,40)(H,42,43). The Hall–Kier alpha value is -5.61. The van der Waals surface area contributed by atoms with Gasteiger partial charge in [0.2, 0.25) is 0 Å². The van der Waals surface area contributed by atoms with Crippen LogP contribution >= 0.6 is 0 Å². The van der Waals surface area contributed by atoms with Crippen molar-refractivity contribution < 1.29 is 42.4 Å². The number of carboxylic acids is 1. The van der Waals surface area contributed by atoms with Crippen LogP contribution < -0.4 is 20.5 Å². The van der Waals surface area contributed by atoms with Gasteiger partial charge in [0, 0.05) is 26.8 Å². The SMILES string of the molecule is CCOCCCN1C(C(C(=O)Nc2ccccc2OC(C)C)n2c(O)c(Oc3ccc(C(=O)O)cc3)n(C)c2=O)=Nc2ccccc2S1(=O)=O. The molecule has 15 nitrogen and oxygen atoms in total. The molecule has 5 rings (SSSR count). The summed E-state index contributed by atoms with van der Waals surface area (Å²) in [5.74, 6) is -3.29. The minimum absolute atomic E-state index is 0.0206. The molecule has 1 aliphatic rings. The third-order valence-electron chi connectivity index (χ3n) is 7.57. The normalized spacial score (nSPS) is 14.1. The molecule has 1 unspecified atom stereocenters. The summed E-state index contributed by atoms with van der Waals surface area (Å²) in [6.07, 6.45) is -0.0524. The number of aromatic carboxylic acids is 1. The minimum Gasteiger partial charge on any atom is -0.491 e. The molecule has 16 heteroatoms. The molecule has 1 atom stereocenters. The van der Waals surface area contributed by atoms with Crippen LogP contribution in [0.15, 0.2) is 87.5 Å². The van der Waals surface area contributed by atoms with E-state index in [1.807, 2.05) is 0 Å². The zero-order valence-electron chi connectivity index (χ0n) is 27.8. The number of hydrogen-bond acceptors (Lipinski definition) is 10. The van der Waals surface area contributed by atoms with E-state index >= 15 is 0 Å². The monoisotopic (exact) mass is 707 g/mol. The van der Waals surface area contributed by atoms with Gasteiger partial charge in [0.25, 0.3) is 27.7 Å². The smallest absolute Gasteiger partial charge is 0.335 e. The van der Waals surface area contributed by atoms with Crippen LogP contribution in [0.2, 0.25) is 0 Å². The molecule has 2 heterocycles. The molecule has 3 N–H and O–H groups in total. The van der Waals surface area contributed by atoms with Gasteiger partial charge < -0.3 is 29.7 Å². The molecule has 1 amide bonds. The Balaban J connectivity index is 1.69. The Kier molecular flexibility index (Phi) is 10.6. The maximum Gasteiger partial charge on any atom is 0.335 e. The zero-order valence-corrected chi connectivity index (χ0v) is 28.6. The predicted molar refractivity (Wildman–Crippen MR) is 183 cm³/mol. The first-order valence-corrected chi connectivity index (χ1v) is 17.1.